The predicted molar refractivity (Wildman–Crippen MR) is 57.8 cm³/mol. The minimum atomic E-state index is 0.728. The van der Waals surface area contributed by atoms with E-state index >= 15 is 0 Å². The van der Waals surface area contributed by atoms with E-state index in [9.17, 15) is 0 Å². The van der Waals surface area contributed by atoms with Crippen LogP contribution in [0.4, 0.5) is 0 Å². The van der Waals surface area contributed by atoms with Crippen LogP contribution in [0.15, 0.2) is 12.7 Å². The second kappa shape index (κ2) is 5.65. The maximum Gasteiger partial charge on any atom is 0.0198 e. The third kappa shape index (κ3) is 2.83. The van der Waals surface area contributed by atoms with Crippen LogP contribution in [0.3, 0.4) is 0 Å². The fourth-order valence-corrected chi connectivity index (χ4v) is 2.81. The summed E-state index contributed by atoms with van der Waals surface area (Å²) in [6.45, 7) is 4.69. The minimum Gasteiger partial charge on any atom is -0.309 e. The number of thioether (sulfide) groups is 1. The highest BCUT2D eigenvalue weighted by molar-refractivity contribution is 7.99. The average molecular weight is 185 g/mol. The Labute approximate surface area is 80.0 Å². The van der Waals surface area contributed by atoms with Crippen molar-refractivity contribution in [3.63, 3.8) is 0 Å². The zero-order valence-corrected chi connectivity index (χ0v) is 8.70. The van der Waals surface area contributed by atoms with Crippen molar-refractivity contribution in [3.05, 3.63) is 12.7 Å². The molecule has 12 heavy (non-hydrogen) atoms. The summed E-state index contributed by atoms with van der Waals surface area (Å²) in [7, 11) is 0. The Morgan fingerprint density at radius 3 is 2.92 bits per heavy atom. The van der Waals surface area contributed by atoms with E-state index in [-0.39, 0.29) is 0 Å². The Kier molecular flexibility index (Phi) is 4.77. The Morgan fingerprint density at radius 1 is 1.50 bits per heavy atom. The molecule has 1 fully saturated rings. The molecule has 0 heterocycles. The topological polar surface area (TPSA) is 12.0 Å². The minimum absolute atomic E-state index is 0.728. The van der Waals surface area contributed by atoms with Gasteiger partial charge in [-0.25, -0.2) is 0 Å². The predicted octanol–water partition coefficient (Wildman–Crippen LogP) is 2.44. The first-order valence-corrected chi connectivity index (χ1v) is 6.04. The van der Waals surface area contributed by atoms with Crippen LogP contribution in [0.1, 0.15) is 25.7 Å². The second-order valence-corrected chi connectivity index (χ2v) is 4.44. The lowest BCUT2D eigenvalue weighted by molar-refractivity contribution is 0.396. The van der Waals surface area contributed by atoms with E-state index < -0.39 is 0 Å². The van der Waals surface area contributed by atoms with Gasteiger partial charge in [0.05, 0.1) is 0 Å². The van der Waals surface area contributed by atoms with E-state index in [1.807, 2.05) is 17.8 Å². The molecule has 2 heteroatoms. The lowest BCUT2D eigenvalue weighted by Gasteiger charge is -2.30. The van der Waals surface area contributed by atoms with Crippen LogP contribution in [0, 0.1) is 0 Å². The molecule has 0 aromatic rings. The van der Waals surface area contributed by atoms with Crippen LogP contribution >= 0.6 is 11.8 Å². The number of rotatable bonds is 4. The van der Waals surface area contributed by atoms with Gasteiger partial charge < -0.3 is 5.32 Å². The van der Waals surface area contributed by atoms with Crippen LogP contribution < -0.4 is 5.32 Å². The van der Waals surface area contributed by atoms with Gasteiger partial charge in [-0.05, 0) is 19.1 Å². The van der Waals surface area contributed by atoms with Gasteiger partial charge in [0.1, 0.15) is 0 Å². The Balaban J connectivity index is 2.30. The molecule has 1 N–H and O–H groups in total. The molecule has 0 aromatic carbocycles. The van der Waals surface area contributed by atoms with Gasteiger partial charge in [0.25, 0.3) is 0 Å². The Bertz CT molecular complexity index is 136. The third-order valence-corrected chi connectivity index (χ3v) is 3.70. The fourth-order valence-electron chi connectivity index (χ4n) is 1.85. The van der Waals surface area contributed by atoms with E-state index in [2.05, 4.69) is 18.2 Å². The number of hydrogen-bond acceptors (Lipinski definition) is 2. The molecule has 0 amide bonds. The summed E-state index contributed by atoms with van der Waals surface area (Å²) in [6, 6.07) is 0.728. The van der Waals surface area contributed by atoms with Crippen molar-refractivity contribution in [2.45, 2.75) is 37.0 Å². The first-order valence-electron chi connectivity index (χ1n) is 4.75. The van der Waals surface area contributed by atoms with E-state index in [1.54, 1.807) is 0 Å². The highest BCUT2D eigenvalue weighted by atomic mass is 32.2. The van der Waals surface area contributed by atoms with Crippen LogP contribution in [0.5, 0.6) is 0 Å². The molecule has 70 valence electrons. The van der Waals surface area contributed by atoms with Crippen molar-refractivity contribution in [2.75, 3.05) is 12.8 Å². The summed E-state index contributed by atoms with van der Waals surface area (Å²) in [5, 5.41) is 4.37. The SMILES string of the molecule is C=CCNC1CCCCC1SC. The van der Waals surface area contributed by atoms with Gasteiger partial charge in [0, 0.05) is 17.8 Å². The zero-order valence-electron chi connectivity index (χ0n) is 7.88. The standard InChI is InChI=1S/C10H19NS/c1-3-8-11-9-6-4-5-7-10(9)12-2/h3,9-11H,1,4-8H2,2H3. The molecule has 0 spiro atoms. The van der Waals surface area contributed by atoms with Gasteiger partial charge in [-0.2, -0.15) is 11.8 Å². The maximum absolute atomic E-state index is 3.73. The van der Waals surface area contributed by atoms with Gasteiger partial charge in [-0.3, -0.25) is 0 Å². The van der Waals surface area contributed by atoms with E-state index in [0.717, 1.165) is 17.8 Å². The smallest absolute Gasteiger partial charge is 0.0198 e. The van der Waals surface area contributed by atoms with Crippen molar-refractivity contribution in [2.24, 2.45) is 0 Å². The Hall–Kier alpha value is 0.0500. The summed E-state index contributed by atoms with van der Waals surface area (Å²) in [5.74, 6) is 0. The number of nitrogens with one attached hydrogen (secondary N) is 1. The third-order valence-electron chi connectivity index (χ3n) is 2.53. The van der Waals surface area contributed by atoms with Crippen molar-refractivity contribution in [1.29, 1.82) is 0 Å². The lowest BCUT2D eigenvalue weighted by Crippen LogP contribution is -2.40. The monoisotopic (exact) mass is 185 g/mol. The highest BCUT2D eigenvalue weighted by Crippen LogP contribution is 2.26. The molecule has 2 atom stereocenters. The Morgan fingerprint density at radius 2 is 2.25 bits per heavy atom. The summed E-state index contributed by atoms with van der Waals surface area (Å²) in [4.78, 5) is 0. The van der Waals surface area contributed by atoms with Gasteiger partial charge in [-0.1, -0.05) is 18.9 Å². The summed E-state index contributed by atoms with van der Waals surface area (Å²) >= 11 is 2.01. The quantitative estimate of drug-likeness (QED) is 0.675. The summed E-state index contributed by atoms with van der Waals surface area (Å²) in [6.07, 6.45) is 9.71. The molecule has 2 unspecified atom stereocenters. The van der Waals surface area contributed by atoms with Crippen LogP contribution in [0.2, 0.25) is 0 Å². The van der Waals surface area contributed by atoms with Crippen LogP contribution in [0.25, 0.3) is 0 Å². The molecule has 0 saturated heterocycles. The lowest BCUT2D eigenvalue weighted by atomic mass is 9.95. The number of hydrogen-bond donors (Lipinski definition) is 1. The van der Waals surface area contributed by atoms with Crippen LogP contribution in [-0.2, 0) is 0 Å². The molecule has 1 nitrogen and oxygen atoms in total. The molecule has 0 bridgehead atoms. The van der Waals surface area contributed by atoms with Gasteiger partial charge in [0.2, 0.25) is 0 Å². The zero-order chi connectivity index (χ0) is 8.81. The van der Waals surface area contributed by atoms with Gasteiger partial charge >= 0.3 is 0 Å². The first kappa shape index (κ1) is 10.1. The molecular formula is C10H19NS. The van der Waals surface area contributed by atoms with E-state index in [1.165, 1.54) is 25.7 Å². The molecule has 1 rings (SSSR count). The average Bonchev–Trinajstić information content (AvgIpc) is 2.15. The molecule has 1 aliphatic rings. The normalized spacial score (nSPS) is 30.1. The largest absolute Gasteiger partial charge is 0.309 e. The molecular weight excluding hydrogens is 166 g/mol. The van der Waals surface area contributed by atoms with Gasteiger partial charge in [-0.15, -0.1) is 6.58 Å². The summed E-state index contributed by atoms with van der Waals surface area (Å²) in [5.41, 5.74) is 0. The molecule has 0 radical (unpaired) electrons. The van der Waals surface area contributed by atoms with Crippen molar-refractivity contribution < 1.29 is 0 Å². The van der Waals surface area contributed by atoms with E-state index in [4.69, 9.17) is 0 Å². The molecule has 0 aromatic heterocycles. The second-order valence-electron chi connectivity index (χ2n) is 3.36. The summed E-state index contributed by atoms with van der Waals surface area (Å²) < 4.78 is 0. The molecule has 1 saturated carbocycles. The molecule has 1 aliphatic carbocycles. The van der Waals surface area contributed by atoms with Crippen molar-refractivity contribution in [1.82, 2.24) is 5.32 Å². The molecule has 0 aliphatic heterocycles. The fraction of sp³-hybridized carbons (Fsp3) is 0.800. The van der Waals surface area contributed by atoms with Crippen LogP contribution in [-0.4, -0.2) is 24.1 Å². The van der Waals surface area contributed by atoms with Crippen molar-refractivity contribution in [3.8, 4) is 0 Å². The first-order chi connectivity index (χ1) is 5.88. The van der Waals surface area contributed by atoms with Gasteiger partial charge in [0.15, 0.2) is 0 Å². The highest BCUT2D eigenvalue weighted by Gasteiger charge is 2.22. The maximum atomic E-state index is 3.73. The van der Waals surface area contributed by atoms with Crippen molar-refractivity contribution >= 4 is 11.8 Å². The van der Waals surface area contributed by atoms with E-state index in [0.29, 0.717) is 0 Å².